The zero-order valence-electron chi connectivity index (χ0n) is 9.69. The molecule has 1 aromatic rings. The van der Waals surface area contributed by atoms with Gasteiger partial charge >= 0.3 is 0 Å². The summed E-state index contributed by atoms with van der Waals surface area (Å²) in [7, 11) is 0. The molecule has 0 amide bonds. The summed E-state index contributed by atoms with van der Waals surface area (Å²) in [4.78, 5) is 0. The molecule has 1 atom stereocenters. The normalized spacial score (nSPS) is 19.6. The number of nitrogens with two attached hydrogens (primary N) is 1. The van der Waals surface area contributed by atoms with E-state index in [9.17, 15) is 8.78 Å². The lowest BCUT2D eigenvalue weighted by Crippen LogP contribution is -2.32. The van der Waals surface area contributed by atoms with Crippen molar-refractivity contribution in [1.29, 1.82) is 0 Å². The predicted octanol–water partition coefficient (Wildman–Crippen LogP) is 2.91. The zero-order valence-corrected chi connectivity index (χ0v) is 9.69. The van der Waals surface area contributed by atoms with Crippen molar-refractivity contribution in [2.24, 2.45) is 5.73 Å². The van der Waals surface area contributed by atoms with E-state index in [1.807, 2.05) is 13.8 Å². The summed E-state index contributed by atoms with van der Waals surface area (Å²) in [5, 5.41) is 0. The Labute approximate surface area is 94.7 Å². The Kier molecular flexibility index (Phi) is 2.74. The molecule has 1 aromatic carbocycles. The van der Waals surface area contributed by atoms with Gasteiger partial charge in [-0.05, 0) is 43.4 Å². The molecule has 0 aromatic heterocycles. The molecule has 2 N–H and O–H groups in total. The third-order valence-corrected chi connectivity index (χ3v) is 3.71. The quantitative estimate of drug-likeness (QED) is 0.841. The summed E-state index contributed by atoms with van der Waals surface area (Å²) in [5.41, 5.74) is 6.82. The van der Waals surface area contributed by atoms with E-state index < -0.39 is 11.6 Å². The molecule has 0 bridgehead atoms. The first kappa shape index (κ1) is 11.5. The highest BCUT2D eigenvalue weighted by atomic mass is 19.1. The molecular weight excluding hydrogens is 208 g/mol. The Morgan fingerprint density at radius 3 is 2.38 bits per heavy atom. The molecule has 0 heterocycles. The third kappa shape index (κ3) is 1.63. The minimum atomic E-state index is -0.454. The number of aryl methyl sites for hydroxylation is 1. The monoisotopic (exact) mass is 225 g/mol. The van der Waals surface area contributed by atoms with Gasteiger partial charge in [-0.15, -0.1) is 0 Å². The van der Waals surface area contributed by atoms with Crippen LogP contribution in [-0.4, -0.2) is 6.04 Å². The van der Waals surface area contributed by atoms with E-state index in [1.165, 1.54) is 0 Å². The molecule has 1 nitrogen and oxygen atoms in total. The van der Waals surface area contributed by atoms with E-state index in [0.29, 0.717) is 17.5 Å². The first-order valence-corrected chi connectivity index (χ1v) is 5.75. The van der Waals surface area contributed by atoms with Gasteiger partial charge < -0.3 is 5.73 Å². The lowest BCUT2D eigenvalue weighted by molar-refractivity contribution is 0.500. The Bertz CT molecular complexity index is 409. The van der Waals surface area contributed by atoms with Crippen LogP contribution in [0.4, 0.5) is 8.78 Å². The van der Waals surface area contributed by atoms with Gasteiger partial charge in [0.25, 0.3) is 0 Å². The molecule has 3 heteroatoms. The summed E-state index contributed by atoms with van der Waals surface area (Å²) in [5.74, 6) is -0.909. The topological polar surface area (TPSA) is 26.0 Å². The largest absolute Gasteiger partial charge is 0.327 e. The zero-order chi connectivity index (χ0) is 11.9. The van der Waals surface area contributed by atoms with E-state index in [4.69, 9.17) is 5.73 Å². The fraction of sp³-hybridized carbons (Fsp3) is 0.538. The maximum atomic E-state index is 13.8. The average Bonchev–Trinajstić information content (AvgIpc) is 2.99. The van der Waals surface area contributed by atoms with Crippen molar-refractivity contribution < 1.29 is 8.78 Å². The SMILES string of the molecule is CCc1cc(C2(C(C)N)CC2)c(F)cc1F. The lowest BCUT2D eigenvalue weighted by atomic mass is 9.87. The van der Waals surface area contributed by atoms with Crippen LogP contribution in [0.5, 0.6) is 0 Å². The number of rotatable bonds is 3. The molecule has 0 spiro atoms. The lowest BCUT2D eigenvalue weighted by Gasteiger charge is -2.21. The summed E-state index contributed by atoms with van der Waals surface area (Å²) >= 11 is 0. The van der Waals surface area contributed by atoms with Gasteiger partial charge in [0.1, 0.15) is 11.6 Å². The second kappa shape index (κ2) is 3.81. The molecule has 2 rings (SSSR count). The van der Waals surface area contributed by atoms with E-state index in [1.54, 1.807) is 6.07 Å². The highest BCUT2D eigenvalue weighted by molar-refractivity contribution is 5.38. The Balaban J connectivity index is 2.49. The molecule has 1 saturated carbocycles. The molecule has 16 heavy (non-hydrogen) atoms. The Morgan fingerprint density at radius 2 is 1.94 bits per heavy atom. The van der Waals surface area contributed by atoms with Gasteiger partial charge in [-0.1, -0.05) is 6.92 Å². The second-order valence-corrected chi connectivity index (χ2v) is 4.72. The van der Waals surface area contributed by atoms with Crippen LogP contribution in [0.25, 0.3) is 0 Å². The summed E-state index contributed by atoms with van der Waals surface area (Å²) in [6.45, 7) is 3.76. The maximum absolute atomic E-state index is 13.8. The van der Waals surface area contributed by atoms with Crippen LogP contribution in [0.3, 0.4) is 0 Å². The van der Waals surface area contributed by atoms with E-state index in [2.05, 4.69) is 0 Å². The molecule has 1 unspecified atom stereocenters. The average molecular weight is 225 g/mol. The number of benzene rings is 1. The summed E-state index contributed by atoms with van der Waals surface area (Å²) in [6, 6.07) is 2.56. The van der Waals surface area contributed by atoms with Gasteiger partial charge in [-0.3, -0.25) is 0 Å². The van der Waals surface area contributed by atoms with Crippen molar-refractivity contribution in [2.45, 2.75) is 44.6 Å². The summed E-state index contributed by atoms with van der Waals surface area (Å²) < 4.78 is 27.1. The van der Waals surface area contributed by atoms with Gasteiger partial charge in [-0.25, -0.2) is 8.78 Å². The van der Waals surface area contributed by atoms with Crippen molar-refractivity contribution in [1.82, 2.24) is 0 Å². The van der Waals surface area contributed by atoms with Gasteiger partial charge in [0.2, 0.25) is 0 Å². The van der Waals surface area contributed by atoms with Gasteiger partial charge in [0.05, 0.1) is 0 Å². The van der Waals surface area contributed by atoms with Gasteiger partial charge in [0, 0.05) is 17.5 Å². The molecule has 0 radical (unpaired) electrons. The number of hydrogen-bond acceptors (Lipinski definition) is 1. The second-order valence-electron chi connectivity index (χ2n) is 4.72. The Morgan fingerprint density at radius 1 is 1.31 bits per heavy atom. The minimum Gasteiger partial charge on any atom is -0.327 e. The molecule has 0 saturated heterocycles. The Hall–Kier alpha value is -0.960. The molecular formula is C13H17F2N. The highest BCUT2D eigenvalue weighted by Gasteiger charge is 2.49. The van der Waals surface area contributed by atoms with Gasteiger partial charge in [0.15, 0.2) is 0 Å². The van der Waals surface area contributed by atoms with Crippen LogP contribution in [-0.2, 0) is 11.8 Å². The molecule has 0 aliphatic heterocycles. The van der Waals surface area contributed by atoms with E-state index in [0.717, 1.165) is 18.9 Å². The van der Waals surface area contributed by atoms with Crippen molar-refractivity contribution in [3.8, 4) is 0 Å². The maximum Gasteiger partial charge on any atom is 0.129 e. The summed E-state index contributed by atoms with van der Waals surface area (Å²) in [6.07, 6.45) is 2.38. The van der Waals surface area contributed by atoms with Crippen LogP contribution in [0.15, 0.2) is 12.1 Å². The first-order chi connectivity index (χ1) is 7.51. The van der Waals surface area contributed by atoms with Crippen molar-refractivity contribution in [3.05, 3.63) is 34.9 Å². The highest BCUT2D eigenvalue weighted by Crippen LogP contribution is 2.51. The van der Waals surface area contributed by atoms with Crippen molar-refractivity contribution >= 4 is 0 Å². The molecule has 1 aliphatic carbocycles. The minimum absolute atomic E-state index is 0.0860. The first-order valence-electron chi connectivity index (χ1n) is 5.75. The standard InChI is InChI=1S/C13H17F2N/c1-3-9-6-10(12(15)7-11(9)14)13(4-5-13)8(2)16/h6-8H,3-5,16H2,1-2H3. The smallest absolute Gasteiger partial charge is 0.129 e. The van der Waals surface area contributed by atoms with Crippen LogP contribution >= 0.6 is 0 Å². The molecule has 88 valence electrons. The van der Waals surface area contributed by atoms with Crippen LogP contribution in [0, 0.1) is 11.6 Å². The predicted molar refractivity (Wildman–Crippen MR) is 60.3 cm³/mol. The van der Waals surface area contributed by atoms with Crippen LogP contribution < -0.4 is 5.73 Å². The van der Waals surface area contributed by atoms with Crippen molar-refractivity contribution in [2.75, 3.05) is 0 Å². The third-order valence-electron chi connectivity index (χ3n) is 3.71. The van der Waals surface area contributed by atoms with Gasteiger partial charge in [-0.2, -0.15) is 0 Å². The fourth-order valence-electron chi connectivity index (χ4n) is 2.35. The van der Waals surface area contributed by atoms with Crippen LogP contribution in [0.1, 0.15) is 37.8 Å². The van der Waals surface area contributed by atoms with Crippen molar-refractivity contribution in [3.63, 3.8) is 0 Å². The van der Waals surface area contributed by atoms with Crippen LogP contribution in [0.2, 0.25) is 0 Å². The fourth-order valence-corrected chi connectivity index (χ4v) is 2.35. The van der Waals surface area contributed by atoms with E-state index in [-0.39, 0.29) is 11.5 Å². The number of halogens is 2. The molecule has 1 fully saturated rings. The van der Waals surface area contributed by atoms with E-state index >= 15 is 0 Å². The number of hydrogen-bond donors (Lipinski definition) is 1. The molecule has 1 aliphatic rings.